The van der Waals surface area contributed by atoms with Crippen LogP contribution in [0.25, 0.3) is 0 Å². The van der Waals surface area contributed by atoms with E-state index in [9.17, 15) is 24.4 Å². The van der Waals surface area contributed by atoms with Crippen LogP contribution in [0.3, 0.4) is 0 Å². The van der Waals surface area contributed by atoms with E-state index in [1.807, 2.05) is 36.4 Å². The monoisotopic (exact) mass is 384 g/mol. The van der Waals surface area contributed by atoms with Gasteiger partial charge in [-0.15, -0.1) is 0 Å². The second-order valence-electron chi connectivity index (χ2n) is 7.35. The molecule has 0 aromatic heterocycles. The van der Waals surface area contributed by atoms with Gasteiger partial charge in [0.1, 0.15) is 12.0 Å². The maximum absolute atomic E-state index is 13.0. The number of amides is 3. The molecule has 1 saturated heterocycles. The molecule has 2 N–H and O–H groups in total. The summed E-state index contributed by atoms with van der Waals surface area (Å²) in [6, 6.07) is 9.16. The molecule has 4 rings (SSSR count). The fourth-order valence-electron chi connectivity index (χ4n) is 4.72. The van der Waals surface area contributed by atoms with Crippen LogP contribution in [-0.2, 0) is 25.7 Å². The Morgan fingerprint density at radius 1 is 1.21 bits per heavy atom. The first-order valence-corrected chi connectivity index (χ1v) is 9.19. The van der Waals surface area contributed by atoms with Crippen molar-refractivity contribution in [3.63, 3.8) is 0 Å². The zero-order chi connectivity index (χ0) is 19.9. The third kappa shape index (κ3) is 2.63. The Kier molecular flexibility index (Phi) is 4.50. The Balaban J connectivity index is 1.36. The van der Waals surface area contributed by atoms with Crippen molar-refractivity contribution >= 4 is 23.7 Å². The first-order valence-electron chi connectivity index (χ1n) is 9.19. The van der Waals surface area contributed by atoms with E-state index in [4.69, 9.17) is 4.74 Å². The van der Waals surface area contributed by atoms with Crippen LogP contribution in [0.1, 0.15) is 18.4 Å². The average molecular weight is 384 g/mol. The van der Waals surface area contributed by atoms with E-state index in [2.05, 4.69) is 5.32 Å². The number of nitrogens with zero attached hydrogens (tertiary/aromatic N) is 1. The molecule has 1 heterocycles. The summed E-state index contributed by atoms with van der Waals surface area (Å²) in [6.45, 7) is 0.0859. The van der Waals surface area contributed by atoms with Crippen LogP contribution in [0, 0.1) is 23.2 Å². The van der Waals surface area contributed by atoms with Crippen LogP contribution in [0.4, 0.5) is 4.79 Å². The Bertz CT molecular complexity index is 867. The van der Waals surface area contributed by atoms with Crippen LogP contribution in [0.2, 0.25) is 0 Å². The summed E-state index contributed by atoms with van der Waals surface area (Å²) >= 11 is 0. The van der Waals surface area contributed by atoms with Crippen molar-refractivity contribution in [2.45, 2.75) is 19.4 Å². The minimum Gasteiger partial charge on any atom is -0.445 e. The number of hydrogen-bond donors (Lipinski definition) is 2. The number of ether oxygens (including phenoxy) is 1. The molecule has 1 aromatic carbocycles. The highest BCUT2D eigenvalue weighted by molar-refractivity contribution is 6.19. The lowest BCUT2D eigenvalue weighted by Crippen LogP contribution is -2.47. The number of nitrogens with one attached hydrogen (secondary N) is 1. The molecule has 4 unspecified atom stereocenters. The molecule has 2 bridgehead atoms. The van der Waals surface area contributed by atoms with E-state index in [0.29, 0.717) is 6.42 Å². The highest BCUT2D eigenvalue weighted by Crippen LogP contribution is 2.61. The van der Waals surface area contributed by atoms with E-state index < -0.39 is 40.9 Å². The van der Waals surface area contributed by atoms with E-state index >= 15 is 0 Å². The number of fused-ring (bicyclic) bond motifs is 5. The first-order chi connectivity index (χ1) is 13.5. The van der Waals surface area contributed by atoms with Gasteiger partial charge in [0, 0.05) is 13.0 Å². The van der Waals surface area contributed by atoms with Gasteiger partial charge in [-0.25, -0.2) is 4.79 Å². The Hall–Kier alpha value is -3.00. The number of Topliss-reactive ketones (excluding diaryl/α,β-unsaturated/α-hetero) is 1. The summed E-state index contributed by atoms with van der Waals surface area (Å²) in [5, 5.41) is 12.4. The molecule has 3 amide bonds. The predicted molar refractivity (Wildman–Crippen MR) is 94.6 cm³/mol. The number of carbonyl (C=O) groups excluding carboxylic acids is 4. The average Bonchev–Trinajstić information content (AvgIpc) is 3.36. The number of imide groups is 1. The number of hydroxylamine groups is 2. The summed E-state index contributed by atoms with van der Waals surface area (Å²) in [6.07, 6.45) is 3.38. The maximum Gasteiger partial charge on any atom is 0.407 e. The lowest BCUT2D eigenvalue weighted by molar-refractivity contribution is -0.176. The fraction of sp³-hybridized carbons (Fsp3) is 0.400. The molecular formula is C20H20N2O6. The number of benzene rings is 1. The Morgan fingerprint density at radius 3 is 2.71 bits per heavy atom. The third-order valence-electron chi connectivity index (χ3n) is 5.94. The van der Waals surface area contributed by atoms with Gasteiger partial charge in [-0.05, 0) is 23.8 Å². The van der Waals surface area contributed by atoms with Crippen molar-refractivity contribution in [1.82, 2.24) is 10.4 Å². The minimum atomic E-state index is -1.54. The molecule has 0 spiro atoms. The molecular weight excluding hydrogens is 364 g/mol. The molecule has 3 aliphatic rings. The van der Waals surface area contributed by atoms with E-state index in [1.165, 1.54) is 0 Å². The topological polar surface area (TPSA) is 113 Å². The molecule has 0 radical (unpaired) electrons. The zero-order valence-electron chi connectivity index (χ0n) is 15.0. The number of alkyl carbamates (subject to hydrolysis) is 1. The number of rotatable bonds is 6. The second-order valence-corrected chi connectivity index (χ2v) is 7.35. The van der Waals surface area contributed by atoms with E-state index in [0.717, 1.165) is 5.56 Å². The smallest absolute Gasteiger partial charge is 0.407 e. The van der Waals surface area contributed by atoms with Gasteiger partial charge < -0.3 is 10.1 Å². The third-order valence-corrected chi connectivity index (χ3v) is 5.94. The van der Waals surface area contributed by atoms with Gasteiger partial charge in [-0.2, -0.15) is 5.06 Å². The molecule has 8 nitrogen and oxygen atoms in total. The van der Waals surface area contributed by atoms with E-state index in [1.54, 1.807) is 6.08 Å². The van der Waals surface area contributed by atoms with Crippen LogP contribution >= 0.6 is 0 Å². The van der Waals surface area contributed by atoms with Gasteiger partial charge in [0.25, 0.3) is 11.8 Å². The van der Waals surface area contributed by atoms with Crippen LogP contribution in [0.15, 0.2) is 42.5 Å². The molecule has 2 fully saturated rings. The van der Waals surface area contributed by atoms with Gasteiger partial charge in [0.2, 0.25) is 0 Å². The highest BCUT2D eigenvalue weighted by atomic mass is 16.5. The van der Waals surface area contributed by atoms with Crippen LogP contribution in [0.5, 0.6) is 0 Å². The summed E-state index contributed by atoms with van der Waals surface area (Å²) < 4.78 is 5.08. The zero-order valence-corrected chi connectivity index (χ0v) is 15.0. The van der Waals surface area contributed by atoms with Crippen molar-refractivity contribution in [3.05, 3.63) is 48.0 Å². The van der Waals surface area contributed by atoms with Crippen LogP contribution in [-0.4, -0.2) is 40.5 Å². The minimum absolute atomic E-state index is 0.0189. The van der Waals surface area contributed by atoms with Gasteiger partial charge in [-0.3, -0.25) is 19.6 Å². The molecule has 28 heavy (non-hydrogen) atoms. The van der Waals surface area contributed by atoms with Crippen LogP contribution < -0.4 is 5.32 Å². The maximum atomic E-state index is 13.0. The summed E-state index contributed by atoms with van der Waals surface area (Å²) in [7, 11) is 0. The molecule has 1 aliphatic heterocycles. The van der Waals surface area contributed by atoms with Crippen molar-refractivity contribution < 1.29 is 29.1 Å². The van der Waals surface area contributed by atoms with E-state index in [-0.39, 0.29) is 30.6 Å². The van der Waals surface area contributed by atoms with Gasteiger partial charge in [0.05, 0.1) is 5.92 Å². The molecule has 8 heteroatoms. The molecule has 1 aromatic rings. The molecule has 4 atom stereocenters. The Morgan fingerprint density at radius 2 is 1.96 bits per heavy atom. The quantitative estimate of drug-likeness (QED) is 0.332. The summed E-state index contributed by atoms with van der Waals surface area (Å²) in [4.78, 5) is 49.7. The SMILES string of the molecule is O=C(NCCC(=O)C12C(=O)N(O)C(=O)C1C1C=CC2C1)OCc1ccccc1. The van der Waals surface area contributed by atoms with Crippen molar-refractivity contribution in [2.24, 2.45) is 23.2 Å². The molecule has 2 aliphatic carbocycles. The Labute approximate surface area is 161 Å². The number of allylic oxidation sites excluding steroid dienone is 2. The second kappa shape index (κ2) is 6.87. The molecule has 146 valence electrons. The molecule has 1 saturated carbocycles. The number of hydrogen-bond acceptors (Lipinski definition) is 6. The number of ketones is 1. The van der Waals surface area contributed by atoms with Gasteiger partial charge in [0.15, 0.2) is 5.78 Å². The standard InChI is InChI=1S/C20H20N2O6/c23-15(8-9-21-19(26)28-11-12-4-2-1-3-5-12)20-14-7-6-13(10-14)16(20)17(24)22(27)18(20)25/h1-7,13-14,16,27H,8-11H2,(H,21,26). The summed E-state index contributed by atoms with van der Waals surface area (Å²) in [5.41, 5.74) is -0.705. The lowest BCUT2D eigenvalue weighted by Gasteiger charge is -2.31. The normalized spacial score (nSPS) is 29.9. The van der Waals surface area contributed by atoms with Crippen molar-refractivity contribution in [2.75, 3.05) is 6.54 Å². The largest absolute Gasteiger partial charge is 0.445 e. The summed E-state index contributed by atoms with van der Waals surface area (Å²) in [5.74, 6) is -3.47. The highest BCUT2D eigenvalue weighted by Gasteiger charge is 2.72. The lowest BCUT2D eigenvalue weighted by atomic mass is 9.66. The number of carbonyl (C=O) groups is 4. The predicted octanol–water partition coefficient (Wildman–Crippen LogP) is 1.44. The van der Waals surface area contributed by atoms with Crippen molar-refractivity contribution in [3.8, 4) is 0 Å². The van der Waals surface area contributed by atoms with Gasteiger partial charge in [-0.1, -0.05) is 42.5 Å². The fourth-order valence-corrected chi connectivity index (χ4v) is 4.72. The van der Waals surface area contributed by atoms with Gasteiger partial charge >= 0.3 is 6.09 Å². The van der Waals surface area contributed by atoms with Crippen molar-refractivity contribution in [1.29, 1.82) is 0 Å². The first kappa shape index (κ1) is 18.4.